The van der Waals surface area contributed by atoms with E-state index in [1.807, 2.05) is 19.0 Å². The second-order valence-corrected chi connectivity index (χ2v) is 6.93. The van der Waals surface area contributed by atoms with E-state index in [-0.39, 0.29) is 10.5 Å². The first-order valence-electron chi connectivity index (χ1n) is 6.11. The van der Waals surface area contributed by atoms with Gasteiger partial charge in [0.2, 0.25) is 10.0 Å². The molecule has 6 nitrogen and oxygen atoms in total. The molecule has 7 heteroatoms. The van der Waals surface area contributed by atoms with Crippen LogP contribution in [0, 0.1) is 6.92 Å². The number of carboxylic acid groups (broad SMARTS) is 1. The summed E-state index contributed by atoms with van der Waals surface area (Å²) in [6.45, 7) is 2.58. The Labute approximate surface area is 119 Å². The zero-order valence-corrected chi connectivity index (χ0v) is 12.9. The Bertz CT molecular complexity index is 596. The van der Waals surface area contributed by atoms with Crippen molar-refractivity contribution < 1.29 is 18.3 Å². The lowest BCUT2D eigenvalue weighted by molar-refractivity contribution is 0.0696. The van der Waals surface area contributed by atoms with Gasteiger partial charge in [0.05, 0.1) is 10.5 Å². The molecule has 0 spiro atoms. The summed E-state index contributed by atoms with van der Waals surface area (Å²) in [5.74, 6) is -1.14. The van der Waals surface area contributed by atoms with Crippen molar-refractivity contribution in [2.24, 2.45) is 0 Å². The fraction of sp³-hybridized carbons (Fsp3) is 0.462. The van der Waals surface area contributed by atoms with E-state index >= 15 is 0 Å². The molecule has 1 aromatic rings. The van der Waals surface area contributed by atoms with Gasteiger partial charge < -0.3 is 10.0 Å². The van der Waals surface area contributed by atoms with Gasteiger partial charge in [-0.3, -0.25) is 0 Å². The number of nitrogens with zero attached hydrogens (tertiary/aromatic N) is 2. The van der Waals surface area contributed by atoms with Crippen LogP contribution in [0.3, 0.4) is 0 Å². The summed E-state index contributed by atoms with van der Waals surface area (Å²) in [6, 6.07) is 4.12. The normalized spacial score (nSPS) is 12.1. The van der Waals surface area contributed by atoms with Crippen LogP contribution in [0.15, 0.2) is 23.1 Å². The maximum atomic E-state index is 12.5. The molecular weight excluding hydrogens is 280 g/mol. The fourth-order valence-corrected chi connectivity index (χ4v) is 3.05. The molecule has 20 heavy (non-hydrogen) atoms. The third kappa shape index (κ3) is 3.78. The van der Waals surface area contributed by atoms with Crippen molar-refractivity contribution in [2.75, 3.05) is 34.2 Å². The molecule has 0 radical (unpaired) electrons. The average molecular weight is 300 g/mol. The van der Waals surface area contributed by atoms with E-state index in [1.165, 1.54) is 29.6 Å². The molecule has 0 aliphatic heterocycles. The van der Waals surface area contributed by atoms with E-state index < -0.39 is 16.0 Å². The third-order valence-electron chi connectivity index (χ3n) is 2.99. The molecule has 0 saturated carbocycles. The molecule has 1 N–H and O–H groups in total. The molecule has 1 aromatic carbocycles. The highest BCUT2D eigenvalue weighted by atomic mass is 32.2. The summed E-state index contributed by atoms with van der Waals surface area (Å²) in [5, 5.41) is 8.97. The number of hydrogen-bond acceptors (Lipinski definition) is 4. The fourth-order valence-electron chi connectivity index (χ4n) is 1.64. The molecular formula is C13H20N2O4S. The zero-order chi connectivity index (χ0) is 15.5. The Morgan fingerprint density at radius 2 is 1.80 bits per heavy atom. The van der Waals surface area contributed by atoms with E-state index in [9.17, 15) is 13.2 Å². The van der Waals surface area contributed by atoms with Crippen LogP contribution in [-0.4, -0.2) is 62.9 Å². The zero-order valence-electron chi connectivity index (χ0n) is 12.1. The van der Waals surface area contributed by atoms with Crippen molar-refractivity contribution in [2.45, 2.75) is 11.8 Å². The van der Waals surface area contributed by atoms with Crippen LogP contribution >= 0.6 is 0 Å². The summed E-state index contributed by atoms with van der Waals surface area (Å²) in [5.41, 5.74) is 0.502. The van der Waals surface area contributed by atoms with Crippen LogP contribution in [0.2, 0.25) is 0 Å². The Morgan fingerprint density at radius 1 is 1.20 bits per heavy atom. The molecule has 0 heterocycles. The van der Waals surface area contributed by atoms with Crippen molar-refractivity contribution >= 4 is 16.0 Å². The first-order chi connectivity index (χ1) is 9.16. The molecule has 0 saturated heterocycles. The number of sulfonamides is 1. The molecule has 0 fully saturated rings. The van der Waals surface area contributed by atoms with Crippen LogP contribution in [0.4, 0.5) is 0 Å². The number of aromatic carboxylic acids is 1. The number of rotatable bonds is 6. The highest BCUT2D eigenvalue weighted by Gasteiger charge is 2.23. The first kappa shape index (κ1) is 16.6. The molecule has 0 atom stereocenters. The quantitative estimate of drug-likeness (QED) is 0.843. The minimum atomic E-state index is -3.68. The van der Waals surface area contributed by atoms with Crippen LogP contribution < -0.4 is 0 Å². The number of aryl methyl sites for hydroxylation is 1. The maximum Gasteiger partial charge on any atom is 0.335 e. The summed E-state index contributed by atoms with van der Waals surface area (Å²) in [7, 11) is 1.53. The summed E-state index contributed by atoms with van der Waals surface area (Å²) in [4.78, 5) is 12.9. The Morgan fingerprint density at radius 3 is 2.30 bits per heavy atom. The van der Waals surface area contributed by atoms with Crippen LogP contribution in [0.25, 0.3) is 0 Å². The maximum absolute atomic E-state index is 12.5. The van der Waals surface area contributed by atoms with Gasteiger partial charge in [0.15, 0.2) is 0 Å². The van der Waals surface area contributed by atoms with Gasteiger partial charge >= 0.3 is 5.97 Å². The lowest BCUT2D eigenvalue weighted by Gasteiger charge is -2.20. The molecule has 0 aliphatic rings. The van der Waals surface area contributed by atoms with Gasteiger partial charge in [-0.1, -0.05) is 6.07 Å². The lowest BCUT2D eigenvalue weighted by atomic mass is 10.1. The van der Waals surface area contributed by atoms with Crippen LogP contribution in [0.1, 0.15) is 15.9 Å². The van der Waals surface area contributed by atoms with E-state index in [4.69, 9.17) is 5.11 Å². The summed E-state index contributed by atoms with van der Waals surface area (Å²) < 4.78 is 26.1. The monoisotopic (exact) mass is 300 g/mol. The van der Waals surface area contributed by atoms with Crippen molar-refractivity contribution in [1.82, 2.24) is 9.21 Å². The molecule has 112 valence electrons. The van der Waals surface area contributed by atoms with Gasteiger partial charge in [0.25, 0.3) is 0 Å². The highest BCUT2D eigenvalue weighted by molar-refractivity contribution is 7.89. The van der Waals surface area contributed by atoms with Crippen molar-refractivity contribution in [1.29, 1.82) is 0 Å². The molecule has 0 bridgehead atoms. The van der Waals surface area contributed by atoms with Gasteiger partial charge in [-0.2, -0.15) is 4.31 Å². The largest absolute Gasteiger partial charge is 0.478 e. The van der Waals surface area contributed by atoms with Gasteiger partial charge in [0, 0.05) is 20.1 Å². The summed E-state index contributed by atoms with van der Waals surface area (Å²) >= 11 is 0. The molecule has 1 rings (SSSR count). The van der Waals surface area contributed by atoms with Gasteiger partial charge in [-0.25, -0.2) is 13.2 Å². The van der Waals surface area contributed by atoms with E-state index in [0.717, 1.165) is 0 Å². The number of benzene rings is 1. The Hall–Kier alpha value is -1.44. The van der Waals surface area contributed by atoms with E-state index in [2.05, 4.69) is 0 Å². The second kappa shape index (κ2) is 6.34. The molecule has 0 aliphatic carbocycles. The Balaban J connectivity index is 3.14. The SMILES string of the molecule is Cc1ccc(C(=O)O)cc1S(=O)(=O)N(C)CCN(C)C. The van der Waals surface area contributed by atoms with Gasteiger partial charge in [0.1, 0.15) is 0 Å². The van der Waals surface area contributed by atoms with Crippen LogP contribution in [-0.2, 0) is 10.0 Å². The minimum Gasteiger partial charge on any atom is -0.478 e. The number of likely N-dealkylation sites (N-methyl/N-ethyl adjacent to an activating group) is 2. The van der Waals surface area contributed by atoms with Gasteiger partial charge in [-0.15, -0.1) is 0 Å². The molecule has 0 unspecified atom stereocenters. The second-order valence-electron chi connectivity index (χ2n) is 4.92. The Kier molecular flexibility index (Phi) is 5.27. The lowest BCUT2D eigenvalue weighted by Crippen LogP contribution is -2.34. The predicted octanol–water partition coefficient (Wildman–Crippen LogP) is 0.875. The van der Waals surface area contributed by atoms with Crippen molar-refractivity contribution in [3.05, 3.63) is 29.3 Å². The van der Waals surface area contributed by atoms with Crippen LogP contribution in [0.5, 0.6) is 0 Å². The standard InChI is InChI=1S/C13H20N2O4S/c1-10-5-6-11(13(16)17)9-12(10)20(18,19)15(4)8-7-14(2)3/h5-6,9H,7-8H2,1-4H3,(H,16,17). The topological polar surface area (TPSA) is 77.9 Å². The first-order valence-corrected chi connectivity index (χ1v) is 7.55. The van der Waals surface area contributed by atoms with Crippen molar-refractivity contribution in [3.8, 4) is 0 Å². The van der Waals surface area contributed by atoms with Gasteiger partial charge in [-0.05, 0) is 38.7 Å². The highest BCUT2D eigenvalue weighted by Crippen LogP contribution is 2.20. The number of carboxylic acids is 1. The van der Waals surface area contributed by atoms with E-state index in [0.29, 0.717) is 18.7 Å². The third-order valence-corrected chi connectivity index (χ3v) is 4.98. The molecule has 0 aromatic heterocycles. The number of carbonyl (C=O) groups is 1. The average Bonchev–Trinajstić information content (AvgIpc) is 2.35. The van der Waals surface area contributed by atoms with E-state index in [1.54, 1.807) is 6.92 Å². The van der Waals surface area contributed by atoms with Crippen molar-refractivity contribution in [3.63, 3.8) is 0 Å². The molecule has 0 amide bonds. The smallest absolute Gasteiger partial charge is 0.335 e. The summed E-state index contributed by atoms with van der Waals surface area (Å²) in [6.07, 6.45) is 0. The predicted molar refractivity (Wildman–Crippen MR) is 76.5 cm³/mol. The number of hydrogen-bond donors (Lipinski definition) is 1. The minimum absolute atomic E-state index is 0.0322.